The van der Waals surface area contributed by atoms with Gasteiger partial charge < -0.3 is 15.2 Å². The van der Waals surface area contributed by atoms with Crippen LogP contribution in [-0.2, 0) is 9.53 Å². The van der Waals surface area contributed by atoms with Gasteiger partial charge >= 0.3 is 12.1 Å². The highest BCUT2D eigenvalue weighted by molar-refractivity contribution is 7.81. The van der Waals surface area contributed by atoms with E-state index in [-0.39, 0.29) is 17.2 Å². The van der Waals surface area contributed by atoms with Crippen molar-refractivity contribution in [2.24, 2.45) is 11.7 Å². The van der Waals surface area contributed by atoms with Crippen molar-refractivity contribution in [3.63, 3.8) is 0 Å². The summed E-state index contributed by atoms with van der Waals surface area (Å²) in [5.74, 6) is 0.167. The molecular formula is C19H24N2O4S. The van der Waals surface area contributed by atoms with Crippen LogP contribution in [0.2, 0.25) is 0 Å². The van der Waals surface area contributed by atoms with Crippen LogP contribution in [-0.4, -0.2) is 23.7 Å². The molecule has 1 aromatic rings. The van der Waals surface area contributed by atoms with E-state index in [0.29, 0.717) is 23.8 Å². The Morgan fingerprint density at radius 1 is 1.23 bits per heavy atom. The van der Waals surface area contributed by atoms with E-state index in [4.69, 9.17) is 27.4 Å². The first kappa shape index (κ1) is 19.9. The van der Waals surface area contributed by atoms with Gasteiger partial charge in [0.1, 0.15) is 16.3 Å². The van der Waals surface area contributed by atoms with Gasteiger partial charge in [-0.05, 0) is 31.4 Å². The van der Waals surface area contributed by atoms with Crippen molar-refractivity contribution < 1.29 is 19.1 Å². The van der Waals surface area contributed by atoms with Gasteiger partial charge in [-0.25, -0.2) is 9.59 Å². The van der Waals surface area contributed by atoms with E-state index in [0.717, 1.165) is 12.8 Å². The van der Waals surface area contributed by atoms with E-state index in [1.54, 1.807) is 37.3 Å². The molecule has 0 aliphatic heterocycles. The smallest absolute Gasteiger partial charge is 0.417 e. The Hall–Kier alpha value is -2.41. The van der Waals surface area contributed by atoms with Gasteiger partial charge in [-0.2, -0.15) is 0 Å². The van der Waals surface area contributed by atoms with E-state index in [1.807, 2.05) is 0 Å². The second kappa shape index (κ2) is 9.91. The van der Waals surface area contributed by atoms with Crippen molar-refractivity contribution in [2.75, 3.05) is 6.61 Å². The lowest BCUT2D eigenvalue weighted by Gasteiger charge is -2.15. The molecule has 0 atom stereocenters. The van der Waals surface area contributed by atoms with Gasteiger partial charge in [0.05, 0.1) is 6.61 Å². The summed E-state index contributed by atoms with van der Waals surface area (Å²) < 4.78 is 10.2. The second-order valence-electron chi connectivity index (χ2n) is 6.13. The first-order valence-electron chi connectivity index (χ1n) is 8.75. The van der Waals surface area contributed by atoms with Crippen LogP contribution in [0.1, 0.15) is 39.0 Å². The molecule has 0 bridgehead atoms. The molecule has 0 aromatic heterocycles. The van der Waals surface area contributed by atoms with E-state index < -0.39 is 12.1 Å². The monoisotopic (exact) mass is 376 g/mol. The molecule has 1 saturated carbocycles. The molecule has 0 radical (unpaired) electrons. The Kier molecular flexibility index (Phi) is 7.59. The topological polar surface area (TPSA) is 90.6 Å². The van der Waals surface area contributed by atoms with Crippen LogP contribution in [0, 0.1) is 5.92 Å². The summed E-state index contributed by atoms with van der Waals surface area (Å²) in [4.78, 5) is 24.3. The third-order valence-corrected chi connectivity index (χ3v) is 4.49. The number of carbonyl (C=O) groups is 2. The zero-order valence-corrected chi connectivity index (χ0v) is 15.6. The lowest BCUT2D eigenvalue weighted by Crippen LogP contribution is -2.36. The second-order valence-corrected chi connectivity index (χ2v) is 6.54. The average Bonchev–Trinajstić information content (AvgIpc) is 3.08. The average molecular weight is 376 g/mol. The number of nitrogens with one attached hydrogen (secondary N) is 1. The normalized spacial score (nSPS) is 15.1. The number of thiocarbonyl (C=S) groups is 1. The number of para-hydroxylation sites is 1. The largest absolute Gasteiger partial charge is 0.462 e. The number of allylic oxidation sites excluding steroid dienone is 1. The lowest BCUT2D eigenvalue weighted by atomic mass is 9.99. The molecule has 1 amide bonds. The molecule has 2 rings (SSSR count). The number of carbonyl (C=O) groups excluding carboxylic acids is 2. The molecule has 1 aromatic carbocycles. The fourth-order valence-corrected chi connectivity index (χ4v) is 3.27. The fourth-order valence-electron chi connectivity index (χ4n) is 2.98. The Labute approximate surface area is 158 Å². The van der Waals surface area contributed by atoms with Gasteiger partial charge in [-0.1, -0.05) is 56.1 Å². The van der Waals surface area contributed by atoms with Crippen LogP contribution in [0.15, 0.2) is 41.6 Å². The van der Waals surface area contributed by atoms with Crippen molar-refractivity contribution in [1.29, 1.82) is 0 Å². The predicted octanol–water partition coefficient (Wildman–Crippen LogP) is 3.46. The Morgan fingerprint density at radius 2 is 1.88 bits per heavy atom. The number of ether oxygens (including phenoxy) is 2. The summed E-state index contributed by atoms with van der Waals surface area (Å²) >= 11 is 5.22. The SMILES string of the molecule is CCOC(=O)C(C(=S)NC(=O)Oc1ccccc1)=C(N)CC1CCCC1. The minimum absolute atomic E-state index is 0.0405. The van der Waals surface area contributed by atoms with Crippen molar-refractivity contribution in [3.05, 3.63) is 41.6 Å². The fraction of sp³-hybridized carbons (Fsp3) is 0.421. The van der Waals surface area contributed by atoms with Crippen molar-refractivity contribution in [3.8, 4) is 5.75 Å². The van der Waals surface area contributed by atoms with Crippen LogP contribution in [0.4, 0.5) is 4.79 Å². The number of nitrogens with two attached hydrogens (primary N) is 1. The highest BCUT2D eigenvalue weighted by Gasteiger charge is 2.25. The van der Waals surface area contributed by atoms with Crippen LogP contribution < -0.4 is 15.8 Å². The Balaban J connectivity index is 2.09. The summed E-state index contributed by atoms with van der Waals surface area (Å²) in [6.45, 7) is 1.89. The summed E-state index contributed by atoms with van der Waals surface area (Å²) in [5.41, 5.74) is 6.55. The summed E-state index contributed by atoms with van der Waals surface area (Å²) in [5, 5.41) is 2.41. The molecule has 0 heterocycles. The Morgan fingerprint density at radius 3 is 2.50 bits per heavy atom. The molecule has 7 heteroatoms. The van der Waals surface area contributed by atoms with Crippen molar-refractivity contribution >= 4 is 29.3 Å². The van der Waals surface area contributed by atoms with Gasteiger partial charge in [-0.15, -0.1) is 0 Å². The molecule has 26 heavy (non-hydrogen) atoms. The standard InChI is InChI=1S/C19H24N2O4S/c1-2-24-18(22)16(15(20)12-13-8-6-7-9-13)17(26)21-19(23)25-14-10-4-3-5-11-14/h3-5,10-11,13H,2,6-9,12,20H2,1H3,(H,21,23,26). The van der Waals surface area contributed by atoms with Crippen molar-refractivity contribution in [1.82, 2.24) is 5.32 Å². The van der Waals surface area contributed by atoms with Gasteiger partial charge in [0.15, 0.2) is 0 Å². The van der Waals surface area contributed by atoms with Crippen LogP contribution in [0.3, 0.4) is 0 Å². The number of rotatable bonds is 6. The number of hydrogen-bond acceptors (Lipinski definition) is 6. The lowest BCUT2D eigenvalue weighted by molar-refractivity contribution is -0.137. The third-order valence-electron chi connectivity index (χ3n) is 4.18. The zero-order valence-electron chi connectivity index (χ0n) is 14.8. The first-order chi connectivity index (χ1) is 12.5. The maximum atomic E-state index is 12.3. The first-order valence-corrected chi connectivity index (χ1v) is 9.16. The molecule has 3 N–H and O–H groups in total. The third kappa shape index (κ3) is 5.84. The minimum Gasteiger partial charge on any atom is -0.462 e. The molecule has 6 nitrogen and oxygen atoms in total. The maximum Gasteiger partial charge on any atom is 0.417 e. The highest BCUT2D eigenvalue weighted by Crippen LogP contribution is 2.30. The molecule has 1 fully saturated rings. The molecule has 0 saturated heterocycles. The quantitative estimate of drug-likeness (QED) is 0.449. The molecule has 140 valence electrons. The maximum absolute atomic E-state index is 12.3. The molecule has 1 aliphatic rings. The van der Waals surface area contributed by atoms with E-state index in [2.05, 4.69) is 5.32 Å². The van der Waals surface area contributed by atoms with Gasteiger partial charge in [0.2, 0.25) is 0 Å². The number of amides is 1. The highest BCUT2D eigenvalue weighted by atomic mass is 32.1. The van der Waals surface area contributed by atoms with Gasteiger partial charge in [0.25, 0.3) is 0 Å². The van der Waals surface area contributed by atoms with Crippen LogP contribution >= 0.6 is 12.2 Å². The Bertz CT molecular complexity index is 682. The minimum atomic E-state index is -0.781. The molecule has 1 aliphatic carbocycles. The van der Waals surface area contributed by atoms with Crippen molar-refractivity contribution in [2.45, 2.75) is 39.0 Å². The van der Waals surface area contributed by atoms with Gasteiger partial charge in [0, 0.05) is 5.70 Å². The van der Waals surface area contributed by atoms with E-state index >= 15 is 0 Å². The molecule has 0 spiro atoms. The summed E-state index contributed by atoms with van der Waals surface area (Å²) in [6.07, 6.45) is 4.26. The summed E-state index contributed by atoms with van der Waals surface area (Å²) in [6, 6.07) is 8.56. The van der Waals surface area contributed by atoms with Crippen LogP contribution in [0.5, 0.6) is 5.75 Å². The number of esters is 1. The molecule has 0 unspecified atom stereocenters. The van der Waals surface area contributed by atoms with Crippen LogP contribution in [0.25, 0.3) is 0 Å². The van der Waals surface area contributed by atoms with E-state index in [9.17, 15) is 9.59 Å². The molecular weight excluding hydrogens is 352 g/mol. The number of benzene rings is 1. The number of hydrogen-bond donors (Lipinski definition) is 2. The van der Waals surface area contributed by atoms with Gasteiger partial charge in [-0.3, -0.25) is 5.32 Å². The zero-order chi connectivity index (χ0) is 18.9. The van der Waals surface area contributed by atoms with E-state index in [1.165, 1.54) is 12.8 Å². The summed E-state index contributed by atoms with van der Waals surface area (Å²) in [7, 11) is 0. The predicted molar refractivity (Wildman–Crippen MR) is 103 cm³/mol.